The van der Waals surface area contributed by atoms with Crippen LogP contribution in [0.3, 0.4) is 0 Å². The van der Waals surface area contributed by atoms with Gasteiger partial charge in [0, 0.05) is 0 Å². The Bertz CT molecular complexity index is 522. The maximum absolute atomic E-state index is 9.02. The first kappa shape index (κ1) is 11.1. The Labute approximate surface area is 98.5 Å². The second-order valence-corrected chi connectivity index (χ2v) is 3.92. The largest absolute Gasteiger partial charge is 0.390 e. The molecular formula is C11H12ClN3O. The molecule has 2 rings (SSSR count). The van der Waals surface area contributed by atoms with Gasteiger partial charge in [0.2, 0.25) is 0 Å². The molecule has 2 aromatic heterocycles. The number of rotatable bonds is 2. The number of aliphatic hydroxyl groups is 1. The minimum Gasteiger partial charge on any atom is -0.390 e. The van der Waals surface area contributed by atoms with E-state index in [0.29, 0.717) is 16.5 Å². The van der Waals surface area contributed by atoms with Crippen molar-refractivity contribution in [3.63, 3.8) is 0 Å². The number of hydrogen-bond acceptors (Lipinski definition) is 3. The molecule has 5 heteroatoms. The first-order chi connectivity index (χ1) is 7.63. The van der Waals surface area contributed by atoms with Crippen molar-refractivity contribution in [3.8, 4) is 5.82 Å². The number of aryl methyl sites for hydroxylation is 1. The Balaban J connectivity index is 2.54. The number of nitrogens with zero attached hydrogens (tertiary/aromatic N) is 3. The van der Waals surface area contributed by atoms with Crippen LogP contribution in [0.1, 0.15) is 17.1 Å². The Hall–Kier alpha value is -1.39. The molecule has 2 aromatic rings. The van der Waals surface area contributed by atoms with Crippen LogP contribution in [0.5, 0.6) is 0 Å². The molecule has 0 bridgehead atoms. The Kier molecular flexibility index (Phi) is 2.94. The lowest BCUT2D eigenvalue weighted by Crippen LogP contribution is -2.03. The standard InChI is InChI=1S/C11H12ClN3O/c1-7-11(12)8(2)15(14-7)10-5-3-4-9(6-16)13-10/h3-5,16H,6H2,1-2H3. The van der Waals surface area contributed by atoms with Crippen LogP contribution in [0, 0.1) is 13.8 Å². The van der Waals surface area contributed by atoms with Gasteiger partial charge in [-0.05, 0) is 26.0 Å². The molecule has 2 heterocycles. The van der Waals surface area contributed by atoms with Gasteiger partial charge in [-0.25, -0.2) is 9.67 Å². The topological polar surface area (TPSA) is 50.9 Å². The summed E-state index contributed by atoms with van der Waals surface area (Å²) < 4.78 is 1.68. The lowest BCUT2D eigenvalue weighted by Gasteiger charge is -2.04. The molecule has 0 fully saturated rings. The maximum Gasteiger partial charge on any atom is 0.154 e. The minimum absolute atomic E-state index is 0.0825. The lowest BCUT2D eigenvalue weighted by atomic mass is 10.3. The molecule has 84 valence electrons. The predicted octanol–water partition coefficient (Wildman–Crippen LogP) is 2.03. The van der Waals surface area contributed by atoms with Crippen molar-refractivity contribution in [1.82, 2.24) is 14.8 Å². The lowest BCUT2D eigenvalue weighted by molar-refractivity contribution is 0.276. The highest BCUT2D eigenvalue weighted by molar-refractivity contribution is 6.31. The summed E-state index contributed by atoms with van der Waals surface area (Å²) in [7, 11) is 0. The van der Waals surface area contributed by atoms with Crippen LogP contribution in [-0.2, 0) is 6.61 Å². The van der Waals surface area contributed by atoms with E-state index in [0.717, 1.165) is 11.4 Å². The second kappa shape index (κ2) is 4.23. The van der Waals surface area contributed by atoms with E-state index in [2.05, 4.69) is 10.1 Å². The molecule has 0 saturated carbocycles. The highest BCUT2D eigenvalue weighted by Crippen LogP contribution is 2.21. The van der Waals surface area contributed by atoms with Gasteiger partial charge in [0.05, 0.1) is 28.7 Å². The third kappa shape index (κ3) is 1.81. The van der Waals surface area contributed by atoms with Gasteiger partial charge in [-0.15, -0.1) is 0 Å². The van der Waals surface area contributed by atoms with Crippen LogP contribution >= 0.6 is 11.6 Å². The molecule has 0 atom stereocenters. The van der Waals surface area contributed by atoms with Crippen molar-refractivity contribution >= 4 is 11.6 Å². The van der Waals surface area contributed by atoms with Crippen molar-refractivity contribution in [2.75, 3.05) is 0 Å². The molecule has 0 saturated heterocycles. The summed E-state index contributed by atoms with van der Waals surface area (Å²) in [5, 5.41) is 14.0. The van der Waals surface area contributed by atoms with Crippen LogP contribution in [0.15, 0.2) is 18.2 Å². The zero-order chi connectivity index (χ0) is 11.7. The van der Waals surface area contributed by atoms with Gasteiger partial charge < -0.3 is 5.11 Å². The minimum atomic E-state index is -0.0825. The Morgan fingerprint density at radius 3 is 2.69 bits per heavy atom. The van der Waals surface area contributed by atoms with Crippen molar-refractivity contribution in [2.45, 2.75) is 20.5 Å². The Morgan fingerprint density at radius 1 is 1.38 bits per heavy atom. The van der Waals surface area contributed by atoms with Gasteiger partial charge in [0.15, 0.2) is 5.82 Å². The molecule has 16 heavy (non-hydrogen) atoms. The summed E-state index contributed by atoms with van der Waals surface area (Å²) in [5.74, 6) is 0.666. The van der Waals surface area contributed by atoms with Crippen LogP contribution in [0.25, 0.3) is 5.82 Å². The molecule has 0 amide bonds. The van der Waals surface area contributed by atoms with Crippen LogP contribution < -0.4 is 0 Å². The van der Waals surface area contributed by atoms with E-state index in [9.17, 15) is 0 Å². The molecule has 0 spiro atoms. The number of halogens is 1. The van der Waals surface area contributed by atoms with E-state index in [4.69, 9.17) is 16.7 Å². The van der Waals surface area contributed by atoms with E-state index in [1.807, 2.05) is 26.0 Å². The van der Waals surface area contributed by atoms with Gasteiger partial charge in [0.25, 0.3) is 0 Å². The van der Waals surface area contributed by atoms with E-state index in [1.165, 1.54) is 0 Å². The SMILES string of the molecule is Cc1nn(-c2cccc(CO)n2)c(C)c1Cl. The quantitative estimate of drug-likeness (QED) is 0.870. The van der Waals surface area contributed by atoms with Gasteiger partial charge in [-0.1, -0.05) is 17.7 Å². The highest BCUT2D eigenvalue weighted by atomic mass is 35.5. The number of pyridine rings is 1. The normalized spacial score (nSPS) is 10.8. The smallest absolute Gasteiger partial charge is 0.154 e. The van der Waals surface area contributed by atoms with Crippen molar-refractivity contribution in [1.29, 1.82) is 0 Å². The van der Waals surface area contributed by atoms with Gasteiger partial charge in [-0.3, -0.25) is 0 Å². The fraction of sp³-hybridized carbons (Fsp3) is 0.273. The number of hydrogen-bond donors (Lipinski definition) is 1. The molecule has 4 nitrogen and oxygen atoms in total. The molecule has 0 aliphatic heterocycles. The van der Waals surface area contributed by atoms with E-state index in [1.54, 1.807) is 10.7 Å². The number of aliphatic hydroxyl groups excluding tert-OH is 1. The summed E-state index contributed by atoms with van der Waals surface area (Å²) in [6, 6.07) is 5.42. The average molecular weight is 238 g/mol. The summed E-state index contributed by atoms with van der Waals surface area (Å²) in [4.78, 5) is 4.27. The molecule has 0 radical (unpaired) electrons. The number of aromatic nitrogens is 3. The predicted molar refractivity (Wildman–Crippen MR) is 61.8 cm³/mol. The van der Waals surface area contributed by atoms with Crippen molar-refractivity contribution < 1.29 is 5.11 Å². The first-order valence-corrected chi connectivity index (χ1v) is 5.30. The van der Waals surface area contributed by atoms with Crippen molar-refractivity contribution in [2.24, 2.45) is 0 Å². The fourth-order valence-corrected chi connectivity index (χ4v) is 1.64. The summed E-state index contributed by atoms with van der Waals surface area (Å²) in [5.41, 5.74) is 2.23. The first-order valence-electron chi connectivity index (χ1n) is 4.92. The molecule has 0 aliphatic rings. The maximum atomic E-state index is 9.02. The fourth-order valence-electron chi connectivity index (χ4n) is 1.52. The third-order valence-corrected chi connectivity index (χ3v) is 2.92. The van der Waals surface area contributed by atoms with Gasteiger partial charge in [0.1, 0.15) is 0 Å². The second-order valence-electron chi connectivity index (χ2n) is 3.54. The zero-order valence-corrected chi connectivity index (χ0v) is 9.86. The molecule has 0 aliphatic carbocycles. The van der Waals surface area contributed by atoms with Gasteiger partial charge in [-0.2, -0.15) is 5.10 Å². The van der Waals surface area contributed by atoms with Gasteiger partial charge >= 0.3 is 0 Å². The monoisotopic (exact) mass is 237 g/mol. The molecular weight excluding hydrogens is 226 g/mol. The molecule has 1 N–H and O–H groups in total. The summed E-state index contributed by atoms with van der Waals surface area (Å²) in [6.07, 6.45) is 0. The van der Waals surface area contributed by atoms with Crippen LogP contribution in [-0.4, -0.2) is 19.9 Å². The van der Waals surface area contributed by atoms with Crippen LogP contribution in [0.2, 0.25) is 5.02 Å². The Morgan fingerprint density at radius 2 is 2.12 bits per heavy atom. The zero-order valence-electron chi connectivity index (χ0n) is 9.11. The van der Waals surface area contributed by atoms with E-state index >= 15 is 0 Å². The highest BCUT2D eigenvalue weighted by Gasteiger charge is 2.11. The van der Waals surface area contributed by atoms with Crippen molar-refractivity contribution in [3.05, 3.63) is 40.3 Å². The average Bonchev–Trinajstić information content (AvgIpc) is 2.57. The van der Waals surface area contributed by atoms with E-state index in [-0.39, 0.29) is 6.61 Å². The van der Waals surface area contributed by atoms with E-state index < -0.39 is 0 Å². The van der Waals surface area contributed by atoms with Crippen LogP contribution in [0.4, 0.5) is 0 Å². The molecule has 0 unspecified atom stereocenters. The summed E-state index contributed by atoms with van der Waals surface area (Å²) in [6.45, 7) is 3.65. The third-order valence-electron chi connectivity index (χ3n) is 2.37. The summed E-state index contributed by atoms with van der Waals surface area (Å²) >= 11 is 6.06. The molecule has 0 aromatic carbocycles.